The van der Waals surface area contributed by atoms with Crippen LogP contribution in [0.25, 0.3) is 0 Å². The molecule has 1 aliphatic rings. The van der Waals surface area contributed by atoms with Crippen molar-refractivity contribution in [1.29, 1.82) is 0 Å². The van der Waals surface area contributed by atoms with Crippen molar-refractivity contribution in [3.63, 3.8) is 0 Å². The van der Waals surface area contributed by atoms with Crippen LogP contribution >= 0.6 is 0 Å². The Morgan fingerprint density at radius 2 is 2.00 bits per heavy atom. The number of methoxy groups -OCH3 is 2. The number of ether oxygens (including phenoxy) is 2. The van der Waals surface area contributed by atoms with E-state index < -0.39 is 5.79 Å². The van der Waals surface area contributed by atoms with Gasteiger partial charge in [0, 0.05) is 33.1 Å². The fourth-order valence-corrected chi connectivity index (χ4v) is 2.10. The molecule has 0 aromatic rings. The van der Waals surface area contributed by atoms with Crippen LogP contribution in [-0.4, -0.2) is 26.6 Å². The number of hydrogen-bond acceptors (Lipinski definition) is 3. The van der Waals surface area contributed by atoms with Gasteiger partial charge in [-0.1, -0.05) is 6.42 Å². The Morgan fingerprint density at radius 3 is 2.42 bits per heavy atom. The van der Waals surface area contributed by atoms with Gasteiger partial charge in [0.25, 0.3) is 0 Å². The topological polar surface area (TPSA) is 44.5 Å². The highest BCUT2D eigenvalue weighted by Gasteiger charge is 2.40. The molecule has 2 N–H and O–H groups in total. The average molecular weight is 173 g/mol. The Labute approximate surface area is 74.2 Å². The van der Waals surface area contributed by atoms with Gasteiger partial charge in [-0.05, 0) is 12.8 Å². The lowest BCUT2D eigenvalue weighted by molar-refractivity contribution is -0.251. The molecule has 1 aliphatic carbocycles. The molecular formula is C9H19NO2. The van der Waals surface area contributed by atoms with E-state index in [0.29, 0.717) is 12.5 Å². The van der Waals surface area contributed by atoms with Crippen LogP contribution in [0.3, 0.4) is 0 Å². The van der Waals surface area contributed by atoms with Gasteiger partial charge in [0.05, 0.1) is 0 Å². The molecule has 0 bridgehead atoms. The van der Waals surface area contributed by atoms with Crippen LogP contribution in [0.5, 0.6) is 0 Å². The average Bonchev–Trinajstić information content (AvgIpc) is 2.17. The number of rotatable bonds is 3. The summed E-state index contributed by atoms with van der Waals surface area (Å²) in [7, 11) is 3.41. The van der Waals surface area contributed by atoms with Crippen molar-refractivity contribution in [2.24, 2.45) is 11.7 Å². The maximum atomic E-state index is 5.67. The Morgan fingerprint density at radius 1 is 1.33 bits per heavy atom. The minimum atomic E-state index is -0.396. The number of hydrogen-bond donors (Lipinski definition) is 1. The second kappa shape index (κ2) is 4.21. The molecule has 12 heavy (non-hydrogen) atoms. The summed E-state index contributed by atoms with van der Waals surface area (Å²) in [5, 5.41) is 0. The zero-order chi connectivity index (χ0) is 9.03. The molecule has 1 unspecified atom stereocenters. The van der Waals surface area contributed by atoms with E-state index in [1.165, 1.54) is 12.8 Å². The molecule has 72 valence electrons. The first-order valence-electron chi connectivity index (χ1n) is 4.59. The highest BCUT2D eigenvalue weighted by Crippen LogP contribution is 2.36. The summed E-state index contributed by atoms with van der Waals surface area (Å²) < 4.78 is 10.9. The monoisotopic (exact) mass is 173 g/mol. The third kappa shape index (κ3) is 1.63. The van der Waals surface area contributed by atoms with Crippen LogP contribution in [0.2, 0.25) is 0 Å². The molecule has 0 aliphatic heterocycles. The first-order chi connectivity index (χ1) is 5.79. The molecule has 1 atom stereocenters. The fourth-order valence-electron chi connectivity index (χ4n) is 2.10. The molecule has 1 saturated carbocycles. The summed E-state index contributed by atoms with van der Waals surface area (Å²) in [6.07, 6.45) is 4.52. The second-order valence-corrected chi connectivity index (χ2v) is 3.40. The van der Waals surface area contributed by atoms with Crippen molar-refractivity contribution < 1.29 is 9.47 Å². The standard InChI is InChI=1S/C9H19NO2/c1-11-9(12-2)6-4-3-5-8(9)7-10/h8H,3-7,10H2,1-2H3. The van der Waals surface area contributed by atoms with Gasteiger partial charge in [-0.15, -0.1) is 0 Å². The third-order valence-electron chi connectivity index (χ3n) is 2.93. The maximum absolute atomic E-state index is 5.67. The van der Waals surface area contributed by atoms with Gasteiger partial charge in [-0.25, -0.2) is 0 Å². The van der Waals surface area contributed by atoms with Crippen LogP contribution in [0.1, 0.15) is 25.7 Å². The first kappa shape index (κ1) is 9.96. The van der Waals surface area contributed by atoms with Crippen molar-refractivity contribution in [3.8, 4) is 0 Å². The fraction of sp³-hybridized carbons (Fsp3) is 1.00. The lowest BCUT2D eigenvalue weighted by atomic mass is 9.83. The zero-order valence-electron chi connectivity index (χ0n) is 8.01. The minimum Gasteiger partial charge on any atom is -0.353 e. The zero-order valence-corrected chi connectivity index (χ0v) is 8.01. The molecule has 1 fully saturated rings. The van der Waals surface area contributed by atoms with E-state index in [1.807, 2.05) is 0 Å². The summed E-state index contributed by atoms with van der Waals surface area (Å²) in [5.74, 6) is -0.0336. The van der Waals surface area contributed by atoms with Crippen molar-refractivity contribution in [2.45, 2.75) is 31.5 Å². The van der Waals surface area contributed by atoms with Gasteiger partial charge >= 0.3 is 0 Å². The minimum absolute atomic E-state index is 0.362. The van der Waals surface area contributed by atoms with Gasteiger partial charge in [0.1, 0.15) is 0 Å². The van der Waals surface area contributed by atoms with Crippen molar-refractivity contribution in [1.82, 2.24) is 0 Å². The number of nitrogens with two attached hydrogens (primary N) is 1. The lowest BCUT2D eigenvalue weighted by Gasteiger charge is -2.41. The van der Waals surface area contributed by atoms with Crippen molar-refractivity contribution in [2.75, 3.05) is 20.8 Å². The second-order valence-electron chi connectivity index (χ2n) is 3.40. The van der Waals surface area contributed by atoms with Crippen molar-refractivity contribution >= 4 is 0 Å². The van der Waals surface area contributed by atoms with Gasteiger partial charge < -0.3 is 15.2 Å². The van der Waals surface area contributed by atoms with E-state index in [2.05, 4.69) is 0 Å². The predicted octanol–water partition coefficient (Wildman–Crippen LogP) is 1.12. The largest absolute Gasteiger partial charge is 0.353 e. The van der Waals surface area contributed by atoms with Crippen LogP contribution in [0.15, 0.2) is 0 Å². The molecular weight excluding hydrogens is 154 g/mol. The summed E-state index contributed by atoms with van der Waals surface area (Å²) >= 11 is 0. The third-order valence-corrected chi connectivity index (χ3v) is 2.93. The lowest BCUT2D eigenvalue weighted by Crippen LogP contribution is -2.47. The van der Waals surface area contributed by atoms with E-state index in [1.54, 1.807) is 14.2 Å². The highest BCUT2D eigenvalue weighted by molar-refractivity contribution is 4.84. The molecule has 0 aromatic carbocycles. The SMILES string of the molecule is COC1(OC)CCCCC1CN. The molecule has 0 saturated heterocycles. The molecule has 3 heteroatoms. The first-order valence-corrected chi connectivity index (χ1v) is 4.59. The van der Waals surface area contributed by atoms with Crippen LogP contribution in [0, 0.1) is 5.92 Å². The van der Waals surface area contributed by atoms with E-state index in [9.17, 15) is 0 Å². The summed E-state index contributed by atoms with van der Waals surface area (Å²) in [4.78, 5) is 0. The smallest absolute Gasteiger partial charge is 0.171 e. The van der Waals surface area contributed by atoms with Crippen molar-refractivity contribution in [3.05, 3.63) is 0 Å². The Bertz CT molecular complexity index is 134. The van der Waals surface area contributed by atoms with Crippen LogP contribution in [-0.2, 0) is 9.47 Å². The van der Waals surface area contributed by atoms with Crippen LogP contribution in [0.4, 0.5) is 0 Å². The van der Waals surface area contributed by atoms with Gasteiger partial charge in [0.15, 0.2) is 5.79 Å². The van der Waals surface area contributed by atoms with E-state index in [-0.39, 0.29) is 0 Å². The van der Waals surface area contributed by atoms with E-state index in [4.69, 9.17) is 15.2 Å². The van der Waals surface area contributed by atoms with Gasteiger partial charge in [-0.2, -0.15) is 0 Å². The molecule has 0 radical (unpaired) electrons. The summed E-state index contributed by atoms with van der Waals surface area (Å²) in [5.41, 5.74) is 5.67. The van der Waals surface area contributed by atoms with Gasteiger partial charge in [-0.3, -0.25) is 0 Å². The van der Waals surface area contributed by atoms with E-state index >= 15 is 0 Å². The molecule has 0 amide bonds. The Balaban J connectivity index is 2.66. The highest BCUT2D eigenvalue weighted by atomic mass is 16.7. The Hall–Kier alpha value is -0.120. The Kier molecular flexibility index (Phi) is 3.50. The normalized spacial score (nSPS) is 28.8. The molecule has 3 nitrogen and oxygen atoms in total. The van der Waals surface area contributed by atoms with Crippen LogP contribution < -0.4 is 5.73 Å². The molecule has 0 aromatic heterocycles. The summed E-state index contributed by atoms with van der Waals surface area (Å²) in [6.45, 7) is 0.654. The molecule has 0 heterocycles. The predicted molar refractivity (Wildman–Crippen MR) is 47.8 cm³/mol. The van der Waals surface area contributed by atoms with E-state index in [0.717, 1.165) is 12.8 Å². The summed E-state index contributed by atoms with van der Waals surface area (Å²) in [6, 6.07) is 0. The van der Waals surface area contributed by atoms with Gasteiger partial charge in [0.2, 0.25) is 0 Å². The maximum Gasteiger partial charge on any atom is 0.171 e. The molecule has 0 spiro atoms. The molecule has 1 rings (SSSR count). The quantitative estimate of drug-likeness (QED) is 0.650.